The highest BCUT2D eigenvalue weighted by Gasteiger charge is 2.67. The van der Waals surface area contributed by atoms with Gasteiger partial charge in [-0.2, -0.15) is 0 Å². The molecule has 11 heteroatoms. The fraction of sp³-hybridized carbons (Fsp3) is 0.567. The summed E-state index contributed by atoms with van der Waals surface area (Å²) >= 11 is 0. The maximum absolute atomic E-state index is 16.1. The molecule has 6 unspecified atom stereocenters. The number of nitrogens with one attached hydrogen (secondary N) is 1. The van der Waals surface area contributed by atoms with E-state index in [-0.39, 0.29) is 36.1 Å². The number of aromatic hydroxyl groups is 1. The van der Waals surface area contributed by atoms with Crippen molar-refractivity contribution in [1.29, 1.82) is 5.41 Å². The number of phenolic OH excluding ortho intramolecular Hbond substituents is 1. The number of fused-ring (bicyclic) bond motifs is 3. The summed E-state index contributed by atoms with van der Waals surface area (Å²) < 4.78 is 16.1. The topological polar surface area (TPSA) is 165 Å². The maximum atomic E-state index is 16.1. The molecule has 0 aromatic heterocycles. The van der Waals surface area contributed by atoms with Crippen LogP contribution < -0.4 is 5.73 Å². The van der Waals surface area contributed by atoms with Crippen LogP contribution in [0.15, 0.2) is 18.2 Å². The number of aliphatic hydroxyl groups is 1. The molecule has 1 aromatic carbocycles. The number of likely N-dealkylation sites (N-methyl/N-ethyl adjacent to an activating group) is 1. The standard InChI is InChI=1S/C30H39FN4O6/c1-6-7-8-35(12-14(2)3)13-16-11-19(36)21-17(23(16)31)9-15-10-18-24(34(4)5)26(38)22(29(33)40)27(32)30(18,41)28(39)20(15)25(21)37/h6-7,11,14-15,18,20,22,24,32,36,41H,8-10,12-13H2,1-5H3,(H2,33,40). The predicted octanol–water partition coefficient (Wildman–Crippen LogP) is 1.49. The highest BCUT2D eigenvalue weighted by Crippen LogP contribution is 2.51. The first-order valence-corrected chi connectivity index (χ1v) is 13.9. The molecule has 5 N–H and O–H groups in total. The molecule has 6 atom stereocenters. The number of nitrogens with zero attached hydrogens (tertiary/aromatic N) is 2. The average Bonchev–Trinajstić information content (AvgIpc) is 2.86. The van der Waals surface area contributed by atoms with Crippen molar-refractivity contribution in [3.63, 3.8) is 0 Å². The van der Waals surface area contributed by atoms with E-state index in [0.29, 0.717) is 19.0 Å². The van der Waals surface area contributed by atoms with Gasteiger partial charge in [0.25, 0.3) is 0 Å². The van der Waals surface area contributed by atoms with Crippen molar-refractivity contribution in [2.75, 3.05) is 27.2 Å². The van der Waals surface area contributed by atoms with Crippen molar-refractivity contribution in [3.05, 3.63) is 40.7 Å². The van der Waals surface area contributed by atoms with Gasteiger partial charge in [-0.3, -0.25) is 29.0 Å². The first-order valence-electron chi connectivity index (χ1n) is 13.9. The molecule has 10 nitrogen and oxygen atoms in total. The smallest absolute Gasteiger partial charge is 0.233 e. The number of Topliss-reactive ketones (excluding diaryl/α,β-unsaturated/α-hetero) is 3. The van der Waals surface area contributed by atoms with Crippen LogP contribution in [-0.2, 0) is 27.3 Å². The molecule has 0 aliphatic heterocycles. The van der Waals surface area contributed by atoms with Gasteiger partial charge in [0.15, 0.2) is 23.0 Å². The Morgan fingerprint density at radius 3 is 2.51 bits per heavy atom. The second-order valence-corrected chi connectivity index (χ2v) is 12.2. The lowest BCUT2D eigenvalue weighted by atomic mass is 9.52. The summed E-state index contributed by atoms with van der Waals surface area (Å²) in [4.78, 5) is 56.6. The number of ketones is 3. The minimum absolute atomic E-state index is 0.00801. The van der Waals surface area contributed by atoms with Crippen LogP contribution in [0.1, 0.15) is 48.7 Å². The van der Waals surface area contributed by atoms with E-state index >= 15 is 4.39 Å². The van der Waals surface area contributed by atoms with E-state index in [0.717, 1.165) is 0 Å². The fourth-order valence-electron chi connectivity index (χ4n) is 7.09. The molecule has 3 aliphatic carbocycles. The van der Waals surface area contributed by atoms with Crippen LogP contribution in [0.4, 0.5) is 4.39 Å². The van der Waals surface area contributed by atoms with E-state index in [1.54, 1.807) is 14.1 Å². The van der Waals surface area contributed by atoms with Gasteiger partial charge in [-0.05, 0) is 51.8 Å². The Morgan fingerprint density at radius 1 is 1.29 bits per heavy atom. The molecule has 4 rings (SSSR count). The molecule has 0 spiro atoms. The molecule has 1 amide bonds. The number of hydrogen-bond donors (Lipinski definition) is 4. The number of nitrogens with two attached hydrogens (primary N) is 1. The van der Waals surface area contributed by atoms with E-state index in [2.05, 4.69) is 0 Å². The highest BCUT2D eigenvalue weighted by molar-refractivity contribution is 6.33. The third kappa shape index (κ3) is 4.93. The minimum Gasteiger partial charge on any atom is -0.507 e. The molecular formula is C30H39FN4O6. The molecule has 41 heavy (non-hydrogen) atoms. The Labute approximate surface area is 238 Å². The lowest BCUT2D eigenvalue weighted by molar-refractivity contribution is -0.157. The Bertz CT molecular complexity index is 1340. The van der Waals surface area contributed by atoms with E-state index in [4.69, 9.17) is 11.1 Å². The van der Waals surface area contributed by atoms with Gasteiger partial charge in [0.2, 0.25) is 5.91 Å². The quantitative estimate of drug-likeness (QED) is 0.270. The zero-order valence-electron chi connectivity index (χ0n) is 24.1. The monoisotopic (exact) mass is 570 g/mol. The lowest BCUT2D eigenvalue weighted by Gasteiger charge is -2.53. The van der Waals surface area contributed by atoms with E-state index in [9.17, 15) is 29.4 Å². The molecule has 0 heterocycles. The number of amides is 1. The van der Waals surface area contributed by atoms with Crippen molar-refractivity contribution < 1.29 is 33.8 Å². The van der Waals surface area contributed by atoms with Gasteiger partial charge >= 0.3 is 0 Å². The molecule has 0 saturated heterocycles. The van der Waals surface area contributed by atoms with Crippen molar-refractivity contribution in [2.24, 2.45) is 35.3 Å². The molecule has 3 aliphatic rings. The summed E-state index contributed by atoms with van der Waals surface area (Å²) in [5, 5.41) is 31.2. The third-order valence-corrected chi connectivity index (χ3v) is 8.75. The van der Waals surface area contributed by atoms with Crippen LogP contribution in [-0.4, -0.2) is 87.8 Å². The van der Waals surface area contributed by atoms with Crippen molar-refractivity contribution >= 4 is 29.0 Å². The maximum Gasteiger partial charge on any atom is 0.233 e. The summed E-state index contributed by atoms with van der Waals surface area (Å²) in [7, 11) is 3.10. The number of benzene rings is 1. The Hall–Kier alpha value is -3.28. The minimum atomic E-state index is -2.59. The van der Waals surface area contributed by atoms with Crippen LogP contribution >= 0.6 is 0 Å². The summed E-state index contributed by atoms with van der Waals surface area (Å²) in [6, 6.07) is 0.0842. The Kier molecular flexibility index (Phi) is 8.37. The summed E-state index contributed by atoms with van der Waals surface area (Å²) in [6.45, 7) is 7.43. The van der Waals surface area contributed by atoms with E-state index in [1.807, 2.05) is 37.8 Å². The van der Waals surface area contributed by atoms with Gasteiger partial charge < -0.3 is 21.4 Å². The van der Waals surface area contributed by atoms with Crippen molar-refractivity contribution in [3.8, 4) is 5.75 Å². The zero-order valence-corrected chi connectivity index (χ0v) is 24.1. The first-order chi connectivity index (χ1) is 19.2. The van der Waals surface area contributed by atoms with Gasteiger partial charge in [-0.15, -0.1) is 0 Å². The van der Waals surface area contributed by atoms with Crippen LogP contribution in [0, 0.1) is 40.8 Å². The molecular weight excluding hydrogens is 531 g/mol. The van der Waals surface area contributed by atoms with Crippen LogP contribution in [0.2, 0.25) is 0 Å². The fourth-order valence-corrected chi connectivity index (χ4v) is 7.09. The second kappa shape index (κ2) is 11.2. The largest absolute Gasteiger partial charge is 0.507 e. The number of primary amides is 1. The Balaban J connectivity index is 1.78. The number of hydrogen-bond acceptors (Lipinski definition) is 9. The second-order valence-electron chi connectivity index (χ2n) is 12.2. The van der Waals surface area contributed by atoms with Crippen LogP contribution in [0.5, 0.6) is 5.75 Å². The number of rotatable bonds is 8. The summed E-state index contributed by atoms with van der Waals surface area (Å²) in [5.74, 6) is -9.72. The van der Waals surface area contributed by atoms with Crippen molar-refractivity contribution in [2.45, 2.75) is 51.8 Å². The highest BCUT2D eigenvalue weighted by atomic mass is 19.1. The van der Waals surface area contributed by atoms with Gasteiger partial charge in [0.1, 0.15) is 17.5 Å². The number of carbonyl (C=O) groups is 4. The lowest BCUT2D eigenvalue weighted by Crippen LogP contribution is -2.73. The van der Waals surface area contributed by atoms with Gasteiger partial charge in [-0.1, -0.05) is 26.0 Å². The van der Waals surface area contributed by atoms with E-state index < -0.39 is 75.8 Å². The van der Waals surface area contributed by atoms with Crippen LogP contribution in [0.25, 0.3) is 0 Å². The van der Waals surface area contributed by atoms with E-state index in [1.165, 1.54) is 11.0 Å². The first kappa shape index (κ1) is 30.7. The van der Waals surface area contributed by atoms with Gasteiger partial charge in [-0.25, -0.2) is 4.39 Å². The summed E-state index contributed by atoms with van der Waals surface area (Å²) in [6.07, 6.45) is 3.73. The normalized spacial score (nSPS) is 29.9. The zero-order chi connectivity index (χ0) is 30.5. The number of halogens is 1. The SMILES string of the molecule is CC=CCN(Cc1cc(O)c2c(c1F)CC1CC3C(N(C)C)C(=O)C(C(N)=O)C(=N)C3(O)C(=O)C1C2=O)CC(C)C. The molecule has 2 saturated carbocycles. The molecule has 1 aromatic rings. The number of phenols is 1. The Morgan fingerprint density at radius 2 is 1.95 bits per heavy atom. The number of carbonyl (C=O) groups excluding carboxylic acids is 4. The van der Waals surface area contributed by atoms with Crippen molar-refractivity contribution in [1.82, 2.24) is 9.80 Å². The van der Waals surface area contributed by atoms with Crippen LogP contribution in [0.3, 0.4) is 0 Å². The third-order valence-electron chi connectivity index (χ3n) is 8.75. The van der Waals surface area contributed by atoms with Gasteiger partial charge in [0, 0.05) is 36.7 Å². The molecule has 222 valence electrons. The molecule has 0 bridgehead atoms. The molecule has 2 fully saturated rings. The predicted molar refractivity (Wildman–Crippen MR) is 149 cm³/mol. The average molecular weight is 571 g/mol. The molecule has 0 radical (unpaired) electrons. The summed E-state index contributed by atoms with van der Waals surface area (Å²) in [5.41, 5.74) is 1.91. The van der Waals surface area contributed by atoms with Gasteiger partial charge in [0.05, 0.1) is 23.2 Å². The number of allylic oxidation sites excluding steroid dienone is 1.